The second kappa shape index (κ2) is 9.07. The van der Waals surface area contributed by atoms with Gasteiger partial charge in [-0.15, -0.1) is 11.3 Å². The standard InChI is InChI=1S/C22H29N3O2S/c26-21(17-4-2-1-3-5-17)18-6-12-25(13-7-18)22(27)23-10-14-24-11-8-20-19(16-24)9-15-28-20/h1-5,9,15,18,21,26H,6-8,10-14,16H2,(H,23,27). The van der Waals surface area contributed by atoms with Crippen molar-refractivity contribution in [2.75, 3.05) is 32.7 Å². The summed E-state index contributed by atoms with van der Waals surface area (Å²) in [6.07, 6.45) is 2.37. The van der Waals surface area contributed by atoms with Gasteiger partial charge in [-0.3, -0.25) is 4.90 Å². The molecule has 4 rings (SSSR count). The van der Waals surface area contributed by atoms with Gasteiger partial charge in [0.25, 0.3) is 0 Å². The predicted molar refractivity (Wildman–Crippen MR) is 112 cm³/mol. The highest BCUT2D eigenvalue weighted by Gasteiger charge is 2.28. The lowest BCUT2D eigenvalue weighted by Crippen LogP contribution is -2.47. The molecule has 150 valence electrons. The SMILES string of the molecule is O=C(NCCN1CCc2sccc2C1)N1CCC(C(O)c2ccccc2)CC1. The van der Waals surface area contributed by atoms with E-state index in [9.17, 15) is 9.90 Å². The molecule has 0 saturated carbocycles. The van der Waals surface area contributed by atoms with Crippen molar-refractivity contribution in [2.45, 2.75) is 31.9 Å². The van der Waals surface area contributed by atoms with Crippen LogP contribution in [0, 0.1) is 5.92 Å². The van der Waals surface area contributed by atoms with Crippen molar-refractivity contribution in [2.24, 2.45) is 5.92 Å². The minimum atomic E-state index is -0.437. The fraction of sp³-hybridized carbons (Fsp3) is 0.500. The molecule has 2 aliphatic heterocycles. The van der Waals surface area contributed by atoms with E-state index in [1.807, 2.05) is 46.6 Å². The average molecular weight is 400 g/mol. The van der Waals surface area contributed by atoms with Gasteiger partial charge in [-0.2, -0.15) is 0 Å². The van der Waals surface area contributed by atoms with Crippen molar-refractivity contribution in [1.82, 2.24) is 15.1 Å². The molecule has 2 aromatic rings. The number of urea groups is 1. The van der Waals surface area contributed by atoms with Crippen LogP contribution < -0.4 is 5.32 Å². The maximum absolute atomic E-state index is 12.5. The summed E-state index contributed by atoms with van der Waals surface area (Å²) in [6.45, 7) is 5.07. The number of thiophene rings is 1. The summed E-state index contributed by atoms with van der Waals surface area (Å²) in [5.74, 6) is 0.222. The van der Waals surface area contributed by atoms with E-state index in [0.29, 0.717) is 19.6 Å². The van der Waals surface area contributed by atoms with Crippen LogP contribution in [0.3, 0.4) is 0 Å². The van der Waals surface area contributed by atoms with Crippen LogP contribution in [0.2, 0.25) is 0 Å². The molecule has 0 bridgehead atoms. The first kappa shape index (κ1) is 19.4. The van der Waals surface area contributed by atoms with Crippen LogP contribution in [0.4, 0.5) is 4.79 Å². The van der Waals surface area contributed by atoms with Crippen LogP contribution >= 0.6 is 11.3 Å². The molecule has 0 aliphatic carbocycles. The van der Waals surface area contributed by atoms with Gasteiger partial charge >= 0.3 is 6.03 Å². The Balaban J connectivity index is 1.17. The smallest absolute Gasteiger partial charge is 0.317 e. The van der Waals surface area contributed by atoms with Gasteiger partial charge in [0, 0.05) is 44.1 Å². The normalized spacial score (nSPS) is 19.2. The number of nitrogens with zero attached hydrogens (tertiary/aromatic N) is 2. The fourth-order valence-corrected chi connectivity index (χ4v) is 5.16. The molecule has 0 spiro atoms. The maximum atomic E-state index is 12.5. The van der Waals surface area contributed by atoms with E-state index in [2.05, 4.69) is 21.7 Å². The molecule has 1 atom stereocenters. The maximum Gasteiger partial charge on any atom is 0.317 e. The summed E-state index contributed by atoms with van der Waals surface area (Å²) in [5.41, 5.74) is 2.42. The summed E-state index contributed by atoms with van der Waals surface area (Å²) >= 11 is 1.85. The number of hydrogen-bond acceptors (Lipinski definition) is 4. The zero-order chi connectivity index (χ0) is 19.3. The Kier molecular flexibility index (Phi) is 6.29. The van der Waals surface area contributed by atoms with Crippen LogP contribution in [-0.2, 0) is 13.0 Å². The topological polar surface area (TPSA) is 55.8 Å². The van der Waals surface area contributed by atoms with Gasteiger partial charge in [0.15, 0.2) is 0 Å². The Morgan fingerprint density at radius 2 is 1.96 bits per heavy atom. The number of carbonyl (C=O) groups is 1. The minimum Gasteiger partial charge on any atom is -0.388 e. The lowest BCUT2D eigenvalue weighted by Gasteiger charge is -2.34. The van der Waals surface area contributed by atoms with E-state index in [1.54, 1.807) is 0 Å². The summed E-state index contributed by atoms with van der Waals surface area (Å²) in [4.78, 5) is 18.3. The van der Waals surface area contributed by atoms with Gasteiger partial charge in [-0.25, -0.2) is 4.79 Å². The van der Waals surface area contributed by atoms with Crippen LogP contribution in [0.5, 0.6) is 0 Å². The number of nitrogens with one attached hydrogen (secondary N) is 1. The number of piperidine rings is 1. The lowest BCUT2D eigenvalue weighted by molar-refractivity contribution is 0.0664. The third-order valence-electron chi connectivity index (χ3n) is 6.01. The molecular weight excluding hydrogens is 370 g/mol. The van der Waals surface area contributed by atoms with Gasteiger partial charge in [0.2, 0.25) is 0 Å². The number of hydrogen-bond donors (Lipinski definition) is 2. The number of rotatable bonds is 5. The van der Waals surface area contributed by atoms with E-state index in [0.717, 1.165) is 44.5 Å². The highest BCUT2D eigenvalue weighted by Crippen LogP contribution is 2.30. The zero-order valence-corrected chi connectivity index (χ0v) is 17.0. The van der Waals surface area contributed by atoms with Crippen molar-refractivity contribution in [3.63, 3.8) is 0 Å². The number of aliphatic hydroxyl groups excluding tert-OH is 1. The fourth-order valence-electron chi connectivity index (χ4n) is 4.27. The molecule has 2 aliphatic rings. The second-order valence-electron chi connectivity index (χ2n) is 7.81. The molecule has 0 radical (unpaired) electrons. The molecule has 3 heterocycles. The molecule has 1 unspecified atom stereocenters. The molecule has 1 saturated heterocycles. The first-order chi connectivity index (χ1) is 13.7. The highest BCUT2D eigenvalue weighted by atomic mass is 32.1. The Bertz CT molecular complexity index is 771. The van der Waals surface area contributed by atoms with E-state index < -0.39 is 6.10 Å². The number of benzene rings is 1. The van der Waals surface area contributed by atoms with Crippen molar-refractivity contribution >= 4 is 17.4 Å². The quantitative estimate of drug-likeness (QED) is 0.811. The van der Waals surface area contributed by atoms with E-state index in [1.165, 1.54) is 10.4 Å². The lowest BCUT2D eigenvalue weighted by atomic mass is 9.87. The first-order valence-corrected chi connectivity index (χ1v) is 11.1. The molecule has 1 aromatic heterocycles. The van der Waals surface area contributed by atoms with E-state index in [4.69, 9.17) is 0 Å². The summed E-state index contributed by atoms with van der Waals surface area (Å²) in [6, 6.07) is 12.1. The molecular formula is C22H29N3O2S. The molecule has 2 N–H and O–H groups in total. The van der Waals surface area contributed by atoms with Crippen LogP contribution in [-0.4, -0.2) is 53.7 Å². The third kappa shape index (κ3) is 4.57. The largest absolute Gasteiger partial charge is 0.388 e. The van der Waals surface area contributed by atoms with E-state index in [-0.39, 0.29) is 11.9 Å². The monoisotopic (exact) mass is 399 g/mol. The molecule has 28 heavy (non-hydrogen) atoms. The Morgan fingerprint density at radius 1 is 1.18 bits per heavy atom. The Hall–Kier alpha value is -1.89. The zero-order valence-electron chi connectivity index (χ0n) is 16.2. The van der Waals surface area contributed by atoms with Gasteiger partial charge in [0.05, 0.1) is 6.10 Å². The Morgan fingerprint density at radius 3 is 2.75 bits per heavy atom. The molecule has 2 amide bonds. The van der Waals surface area contributed by atoms with Gasteiger partial charge < -0.3 is 15.3 Å². The van der Waals surface area contributed by atoms with Crippen molar-refractivity contribution < 1.29 is 9.90 Å². The molecule has 5 nitrogen and oxygen atoms in total. The third-order valence-corrected chi connectivity index (χ3v) is 7.03. The van der Waals surface area contributed by atoms with Crippen LogP contribution in [0.1, 0.15) is 34.9 Å². The van der Waals surface area contributed by atoms with E-state index >= 15 is 0 Å². The summed E-state index contributed by atoms with van der Waals surface area (Å²) < 4.78 is 0. The van der Waals surface area contributed by atoms with Gasteiger partial charge in [-0.05, 0) is 47.8 Å². The van der Waals surface area contributed by atoms with Crippen LogP contribution in [0.15, 0.2) is 41.8 Å². The predicted octanol–water partition coefficient (Wildman–Crippen LogP) is 3.26. The summed E-state index contributed by atoms with van der Waals surface area (Å²) in [5, 5.41) is 15.8. The number of likely N-dealkylation sites (tertiary alicyclic amines) is 1. The molecule has 1 aromatic carbocycles. The number of fused-ring (bicyclic) bond motifs is 1. The Labute approximate surface area is 171 Å². The molecule has 1 fully saturated rings. The second-order valence-corrected chi connectivity index (χ2v) is 8.81. The number of carbonyl (C=O) groups excluding carboxylic acids is 1. The van der Waals surface area contributed by atoms with Crippen molar-refractivity contribution in [3.8, 4) is 0 Å². The van der Waals surface area contributed by atoms with Gasteiger partial charge in [0.1, 0.15) is 0 Å². The first-order valence-electron chi connectivity index (χ1n) is 10.2. The van der Waals surface area contributed by atoms with Gasteiger partial charge in [-0.1, -0.05) is 30.3 Å². The minimum absolute atomic E-state index is 0.0286. The van der Waals surface area contributed by atoms with Crippen LogP contribution in [0.25, 0.3) is 0 Å². The summed E-state index contributed by atoms with van der Waals surface area (Å²) in [7, 11) is 0. The average Bonchev–Trinajstić information content (AvgIpc) is 3.22. The highest BCUT2D eigenvalue weighted by molar-refractivity contribution is 7.10. The molecule has 6 heteroatoms. The number of aliphatic hydroxyl groups is 1. The number of amides is 2. The van der Waals surface area contributed by atoms with Crippen molar-refractivity contribution in [3.05, 3.63) is 57.8 Å². The van der Waals surface area contributed by atoms with Crippen molar-refractivity contribution in [1.29, 1.82) is 0 Å².